The third-order valence-corrected chi connectivity index (χ3v) is 7.24. The fourth-order valence-corrected chi connectivity index (χ4v) is 5.33. The fraction of sp³-hybridized carbons (Fsp3) is 0.464. The highest BCUT2D eigenvalue weighted by Crippen LogP contribution is 2.31. The van der Waals surface area contributed by atoms with E-state index in [4.69, 9.17) is 5.73 Å². The lowest BCUT2D eigenvalue weighted by Crippen LogP contribution is -2.57. The Hall–Kier alpha value is -3.19. The van der Waals surface area contributed by atoms with E-state index < -0.39 is 18.1 Å². The first kappa shape index (κ1) is 24.9. The fourth-order valence-electron chi connectivity index (χ4n) is 5.33. The Labute approximate surface area is 207 Å². The number of nitrogens with zero attached hydrogens (tertiary/aromatic N) is 1. The van der Waals surface area contributed by atoms with E-state index in [0.717, 1.165) is 43.2 Å². The summed E-state index contributed by atoms with van der Waals surface area (Å²) < 4.78 is 0. The number of carbonyl (C=O) groups is 3. The summed E-state index contributed by atoms with van der Waals surface area (Å²) >= 11 is 0. The molecule has 3 atom stereocenters. The van der Waals surface area contributed by atoms with Crippen molar-refractivity contribution in [2.75, 3.05) is 6.54 Å². The van der Waals surface area contributed by atoms with Gasteiger partial charge in [-0.1, -0.05) is 73.5 Å². The number of likely N-dealkylation sites (tertiary alicyclic amines) is 1. The van der Waals surface area contributed by atoms with E-state index in [1.54, 1.807) is 11.8 Å². The van der Waals surface area contributed by atoms with Gasteiger partial charge in [0.1, 0.15) is 12.1 Å². The van der Waals surface area contributed by atoms with Crippen LogP contribution in [0.15, 0.2) is 60.7 Å². The van der Waals surface area contributed by atoms with Crippen molar-refractivity contribution in [3.05, 3.63) is 71.8 Å². The summed E-state index contributed by atoms with van der Waals surface area (Å²) in [6.45, 7) is 2.13. The van der Waals surface area contributed by atoms with Gasteiger partial charge in [0.15, 0.2) is 0 Å². The van der Waals surface area contributed by atoms with Crippen molar-refractivity contribution < 1.29 is 14.4 Å². The zero-order valence-corrected chi connectivity index (χ0v) is 20.4. The van der Waals surface area contributed by atoms with Crippen molar-refractivity contribution in [1.82, 2.24) is 15.5 Å². The topological polar surface area (TPSA) is 105 Å². The predicted octanol–water partition coefficient (Wildman–Crippen LogP) is 2.91. The quantitative estimate of drug-likeness (QED) is 0.545. The molecule has 1 aliphatic carbocycles. The molecule has 4 N–H and O–H groups in total. The van der Waals surface area contributed by atoms with Gasteiger partial charge in [-0.05, 0) is 49.7 Å². The van der Waals surface area contributed by atoms with Crippen LogP contribution in [-0.2, 0) is 14.4 Å². The molecule has 0 unspecified atom stereocenters. The van der Waals surface area contributed by atoms with Crippen LogP contribution in [0.3, 0.4) is 0 Å². The Morgan fingerprint density at radius 3 is 1.97 bits per heavy atom. The van der Waals surface area contributed by atoms with Crippen molar-refractivity contribution in [2.24, 2.45) is 11.7 Å². The van der Waals surface area contributed by atoms with Crippen molar-refractivity contribution >= 4 is 17.7 Å². The van der Waals surface area contributed by atoms with E-state index in [-0.39, 0.29) is 29.7 Å². The average Bonchev–Trinajstić information content (AvgIpc) is 3.59. The molecule has 7 heteroatoms. The first-order chi connectivity index (χ1) is 17.0. The van der Waals surface area contributed by atoms with Crippen LogP contribution in [0.4, 0.5) is 0 Å². The Balaban J connectivity index is 1.53. The van der Waals surface area contributed by atoms with Crippen LogP contribution in [0.2, 0.25) is 0 Å². The van der Waals surface area contributed by atoms with Crippen molar-refractivity contribution in [3.63, 3.8) is 0 Å². The molecule has 1 heterocycles. The number of hydrogen-bond donors (Lipinski definition) is 3. The number of nitrogens with one attached hydrogen (secondary N) is 2. The van der Waals surface area contributed by atoms with E-state index in [2.05, 4.69) is 10.6 Å². The summed E-state index contributed by atoms with van der Waals surface area (Å²) in [5.74, 6) is -0.587. The lowest BCUT2D eigenvalue weighted by atomic mass is 9.95. The molecule has 0 radical (unpaired) electrons. The molecule has 1 aliphatic heterocycles. The molecular weight excluding hydrogens is 440 g/mol. The predicted molar refractivity (Wildman–Crippen MR) is 135 cm³/mol. The monoisotopic (exact) mass is 476 g/mol. The van der Waals surface area contributed by atoms with Crippen LogP contribution in [0.25, 0.3) is 0 Å². The van der Waals surface area contributed by atoms with Gasteiger partial charge in [0, 0.05) is 6.54 Å². The third kappa shape index (κ3) is 5.90. The number of nitrogens with two attached hydrogens (primary N) is 1. The Morgan fingerprint density at radius 2 is 1.43 bits per heavy atom. The van der Waals surface area contributed by atoms with Crippen LogP contribution in [0.1, 0.15) is 62.6 Å². The number of hydrogen-bond acceptors (Lipinski definition) is 4. The van der Waals surface area contributed by atoms with Gasteiger partial charge in [-0.2, -0.15) is 0 Å². The van der Waals surface area contributed by atoms with Gasteiger partial charge in [0.05, 0.1) is 12.1 Å². The molecule has 1 saturated heterocycles. The first-order valence-corrected chi connectivity index (χ1v) is 12.7. The summed E-state index contributed by atoms with van der Waals surface area (Å²) in [6.07, 6.45) is 5.23. The minimum atomic E-state index is -0.693. The van der Waals surface area contributed by atoms with Crippen molar-refractivity contribution in [1.29, 1.82) is 0 Å². The summed E-state index contributed by atoms with van der Waals surface area (Å²) in [5, 5.41) is 6.10. The Morgan fingerprint density at radius 1 is 0.857 bits per heavy atom. The smallest absolute Gasteiger partial charge is 0.246 e. The highest BCUT2D eigenvalue weighted by Gasteiger charge is 2.41. The van der Waals surface area contributed by atoms with E-state index in [9.17, 15) is 14.4 Å². The van der Waals surface area contributed by atoms with Gasteiger partial charge < -0.3 is 21.3 Å². The maximum atomic E-state index is 13.7. The number of carbonyl (C=O) groups excluding carboxylic acids is 3. The van der Waals surface area contributed by atoms with Crippen LogP contribution in [0.5, 0.6) is 0 Å². The molecule has 0 spiro atoms. The number of rotatable bonds is 8. The molecule has 0 bridgehead atoms. The van der Waals surface area contributed by atoms with Crippen LogP contribution >= 0.6 is 0 Å². The third-order valence-electron chi connectivity index (χ3n) is 7.24. The highest BCUT2D eigenvalue weighted by molar-refractivity contribution is 5.93. The number of benzene rings is 2. The van der Waals surface area contributed by atoms with Gasteiger partial charge in [0.2, 0.25) is 17.7 Å². The van der Waals surface area contributed by atoms with Gasteiger partial charge in [-0.3, -0.25) is 14.4 Å². The van der Waals surface area contributed by atoms with Crippen LogP contribution < -0.4 is 16.4 Å². The highest BCUT2D eigenvalue weighted by atomic mass is 16.2. The molecule has 186 valence electrons. The molecule has 2 aromatic carbocycles. The second-order valence-corrected chi connectivity index (χ2v) is 9.77. The standard InChI is InChI=1S/C28H36N4O3/c1-19(29)26(33)31-25(22-15-8-9-16-22)28(35)32-18-10-17-23(32)27(34)30-24(20-11-4-2-5-12-20)21-13-6-3-7-14-21/h2-7,11-14,19,22-25H,8-10,15-18,29H2,1H3,(H,30,34)(H,31,33)/t19-,23-,25-/m0/s1. The van der Waals surface area contributed by atoms with Crippen molar-refractivity contribution in [3.8, 4) is 0 Å². The Kier molecular flexibility index (Phi) is 8.18. The average molecular weight is 477 g/mol. The van der Waals surface area contributed by atoms with Crippen LogP contribution in [-0.4, -0.2) is 47.3 Å². The van der Waals surface area contributed by atoms with E-state index >= 15 is 0 Å². The molecule has 0 aromatic heterocycles. The maximum Gasteiger partial charge on any atom is 0.246 e. The number of amides is 3. The molecule has 35 heavy (non-hydrogen) atoms. The zero-order chi connectivity index (χ0) is 24.8. The lowest BCUT2D eigenvalue weighted by Gasteiger charge is -2.32. The molecule has 2 aromatic rings. The lowest BCUT2D eigenvalue weighted by molar-refractivity contribution is -0.142. The molecule has 2 aliphatic rings. The normalized spacial score (nSPS) is 20.0. The first-order valence-electron chi connectivity index (χ1n) is 12.7. The molecular formula is C28H36N4O3. The van der Waals surface area contributed by atoms with Gasteiger partial charge >= 0.3 is 0 Å². The maximum absolute atomic E-state index is 13.7. The summed E-state index contributed by atoms with van der Waals surface area (Å²) in [6, 6.07) is 17.5. The minimum Gasteiger partial charge on any atom is -0.343 e. The molecule has 3 amide bonds. The van der Waals surface area contributed by atoms with Crippen LogP contribution in [0, 0.1) is 5.92 Å². The minimum absolute atomic E-state index is 0.0795. The molecule has 7 nitrogen and oxygen atoms in total. The van der Waals surface area contributed by atoms with Crippen molar-refractivity contribution in [2.45, 2.75) is 69.6 Å². The van der Waals surface area contributed by atoms with Gasteiger partial charge in [-0.15, -0.1) is 0 Å². The summed E-state index contributed by atoms with van der Waals surface area (Å²) in [4.78, 5) is 41.4. The molecule has 2 fully saturated rings. The van der Waals surface area contributed by atoms with E-state index in [1.807, 2.05) is 60.7 Å². The molecule has 4 rings (SSSR count). The largest absolute Gasteiger partial charge is 0.343 e. The molecule has 1 saturated carbocycles. The SMILES string of the molecule is C[C@H](N)C(=O)N[C@H](C(=O)N1CCC[C@H]1C(=O)NC(c1ccccc1)c1ccccc1)C1CCCC1. The van der Waals surface area contributed by atoms with Gasteiger partial charge in [-0.25, -0.2) is 0 Å². The summed E-state index contributed by atoms with van der Waals surface area (Å²) in [7, 11) is 0. The summed E-state index contributed by atoms with van der Waals surface area (Å²) in [5.41, 5.74) is 7.74. The second-order valence-electron chi connectivity index (χ2n) is 9.77. The zero-order valence-electron chi connectivity index (χ0n) is 20.4. The second kappa shape index (κ2) is 11.5. The van der Waals surface area contributed by atoms with E-state index in [1.165, 1.54) is 0 Å². The van der Waals surface area contributed by atoms with E-state index in [0.29, 0.717) is 13.0 Å². The Bertz CT molecular complexity index is 966. The van der Waals surface area contributed by atoms with Gasteiger partial charge in [0.25, 0.3) is 0 Å².